The molecule has 0 saturated heterocycles. The molecule has 0 aliphatic heterocycles. The number of aromatic carboxylic acids is 1. The summed E-state index contributed by atoms with van der Waals surface area (Å²) in [7, 11) is 1.62. The van der Waals surface area contributed by atoms with Crippen LogP contribution in [-0.2, 0) is 4.79 Å². The molecule has 1 heterocycles. The fourth-order valence-electron chi connectivity index (χ4n) is 1.85. The van der Waals surface area contributed by atoms with Gasteiger partial charge in [-0.2, -0.15) is 0 Å². The first-order chi connectivity index (χ1) is 9.90. The summed E-state index contributed by atoms with van der Waals surface area (Å²) in [5, 5.41) is 8.99. The zero-order valence-corrected chi connectivity index (χ0v) is 11.6. The number of carbonyl (C=O) groups is 2. The molecule has 1 N–H and O–H groups in total. The molecule has 0 saturated carbocycles. The van der Waals surface area contributed by atoms with E-state index in [1.165, 1.54) is 34.7 Å². The van der Waals surface area contributed by atoms with Gasteiger partial charge in [-0.3, -0.25) is 14.2 Å². The predicted octanol–water partition coefficient (Wildman–Crippen LogP) is 1.52. The first kappa shape index (κ1) is 14.5. The second-order valence-corrected chi connectivity index (χ2v) is 4.53. The molecular formula is C15H14N2O4. The van der Waals surface area contributed by atoms with E-state index >= 15 is 0 Å². The molecule has 1 aromatic heterocycles. The van der Waals surface area contributed by atoms with E-state index < -0.39 is 5.97 Å². The van der Waals surface area contributed by atoms with Gasteiger partial charge in [0.25, 0.3) is 5.56 Å². The van der Waals surface area contributed by atoms with Crippen LogP contribution in [-0.4, -0.2) is 28.6 Å². The van der Waals surface area contributed by atoms with Gasteiger partial charge in [0.2, 0.25) is 5.91 Å². The van der Waals surface area contributed by atoms with E-state index in [4.69, 9.17) is 5.11 Å². The Morgan fingerprint density at radius 3 is 2.52 bits per heavy atom. The molecule has 1 amide bonds. The highest BCUT2D eigenvalue weighted by molar-refractivity contribution is 5.91. The lowest BCUT2D eigenvalue weighted by Gasteiger charge is -2.16. The maximum absolute atomic E-state index is 11.9. The number of nitrogens with zero attached hydrogens (tertiary/aromatic N) is 2. The molecule has 2 rings (SSSR count). The fraction of sp³-hybridized carbons (Fsp3) is 0.133. The van der Waals surface area contributed by atoms with Crippen molar-refractivity contribution < 1.29 is 14.7 Å². The van der Waals surface area contributed by atoms with Gasteiger partial charge in [0.05, 0.1) is 11.3 Å². The van der Waals surface area contributed by atoms with Gasteiger partial charge < -0.3 is 10.0 Å². The second kappa shape index (κ2) is 5.62. The lowest BCUT2D eigenvalue weighted by atomic mass is 10.2. The van der Waals surface area contributed by atoms with Gasteiger partial charge in [0.1, 0.15) is 0 Å². The maximum atomic E-state index is 11.9. The molecule has 0 unspecified atom stereocenters. The number of rotatable bonds is 3. The van der Waals surface area contributed by atoms with Crippen LogP contribution in [0.4, 0.5) is 5.69 Å². The minimum atomic E-state index is -1.11. The van der Waals surface area contributed by atoms with Crippen LogP contribution >= 0.6 is 0 Å². The van der Waals surface area contributed by atoms with Gasteiger partial charge in [0, 0.05) is 31.9 Å². The van der Waals surface area contributed by atoms with Crippen molar-refractivity contribution in [3.8, 4) is 5.69 Å². The Balaban J connectivity index is 2.55. The minimum absolute atomic E-state index is 0.0138. The summed E-state index contributed by atoms with van der Waals surface area (Å²) in [6, 6.07) is 9.21. The zero-order chi connectivity index (χ0) is 15.6. The van der Waals surface area contributed by atoms with Crippen molar-refractivity contribution in [2.45, 2.75) is 6.92 Å². The summed E-state index contributed by atoms with van der Waals surface area (Å²) in [5.74, 6) is -1.25. The summed E-state index contributed by atoms with van der Waals surface area (Å²) in [5.41, 5.74) is 0.781. The Labute approximate surface area is 120 Å². The molecule has 21 heavy (non-hydrogen) atoms. The molecule has 0 fully saturated rings. The largest absolute Gasteiger partial charge is 0.478 e. The molecule has 0 radical (unpaired) electrons. The fourth-order valence-corrected chi connectivity index (χ4v) is 1.85. The van der Waals surface area contributed by atoms with Gasteiger partial charge in [-0.15, -0.1) is 0 Å². The van der Waals surface area contributed by atoms with Crippen molar-refractivity contribution in [3.63, 3.8) is 0 Å². The van der Waals surface area contributed by atoms with Crippen LogP contribution in [0, 0.1) is 0 Å². The first-order valence-electron chi connectivity index (χ1n) is 6.21. The number of amides is 1. The van der Waals surface area contributed by atoms with Crippen LogP contribution in [0.3, 0.4) is 0 Å². The van der Waals surface area contributed by atoms with E-state index in [0.29, 0.717) is 11.4 Å². The topological polar surface area (TPSA) is 79.6 Å². The van der Waals surface area contributed by atoms with Crippen molar-refractivity contribution in [1.82, 2.24) is 4.57 Å². The first-order valence-corrected chi connectivity index (χ1v) is 6.21. The van der Waals surface area contributed by atoms with E-state index in [2.05, 4.69) is 0 Å². The Morgan fingerprint density at radius 2 is 1.90 bits per heavy atom. The van der Waals surface area contributed by atoms with Crippen LogP contribution in [0.15, 0.2) is 47.4 Å². The van der Waals surface area contributed by atoms with Gasteiger partial charge >= 0.3 is 5.97 Å². The lowest BCUT2D eigenvalue weighted by molar-refractivity contribution is -0.116. The third-order valence-corrected chi connectivity index (χ3v) is 3.13. The third-order valence-electron chi connectivity index (χ3n) is 3.13. The van der Waals surface area contributed by atoms with Crippen LogP contribution in [0.25, 0.3) is 5.69 Å². The summed E-state index contributed by atoms with van der Waals surface area (Å²) in [6.45, 7) is 1.43. The number of pyridine rings is 1. The monoisotopic (exact) mass is 286 g/mol. The summed E-state index contributed by atoms with van der Waals surface area (Å²) < 4.78 is 1.24. The molecule has 0 bridgehead atoms. The Bertz CT molecular complexity index is 764. The molecule has 0 atom stereocenters. The summed E-state index contributed by atoms with van der Waals surface area (Å²) in [4.78, 5) is 35.7. The van der Waals surface area contributed by atoms with E-state index in [0.717, 1.165) is 0 Å². The molecule has 2 aromatic rings. The van der Waals surface area contributed by atoms with Gasteiger partial charge in [-0.05, 0) is 24.3 Å². The van der Waals surface area contributed by atoms with E-state index in [1.54, 1.807) is 31.3 Å². The zero-order valence-electron chi connectivity index (χ0n) is 11.6. The molecule has 1 aromatic carbocycles. The highest BCUT2D eigenvalue weighted by Gasteiger charge is 2.09. The summed E-state index contributed by atoms with van der Waals surface area (Å²) in [6.07, 6.45) is 1.26. The SMILES string of the molecule is CC(=O)N(C)c1cccc(-n2cc(C(=O)O)ccc2=O)c1. The Kier molecular flexibility index (Phi) is 3.89. The lowest BCUT2D eigenvalue weighted by Crippen LogP contribution is -2.23. The highest BCUT2D eigenvalue weighted by Crippen LogP contribution is 2.17. The van der Waals surface area contributed by atoms with Gasteiger partial charge in [-0.25, -0.2) is 4.79 Å². The molecule has 6 nitrogen and oxygen atoms in total. The van der Waals surface area contributed by atoms with Crippen LogP contribution in [0.2, 0.25) is 0 Å². The van der Waals surface area contributed by atoms with E-state index in [-0.39, 0.29) is 17.0 Å². The molecular weight excluding hydrogens is 272 g/mol. The maximum Gasteiger partial charge on any atom is 0.337 e. The number of anilines is 1. The summed E-state index contributed by atoms with van der Waals surface area (Å²) >= 11 is 0. The van der Waals surface area contributed by atoms with Crippen molar-refractivity contribution in [2.24, 2.45) is 0 Å². The average molecular weight is 286 g/mol. The Hall–Kier alpha value is -2.89. The number of benzene rings is 1. The molecule has 108 valence electrons. The van der Waals surface area contributed by atoms with Gasteiger partial charge in [-0.1, -0.05) is 6.07 Å². The van der Waals surface area contributed by atoms with Crippen LogP contribution in [0.1, 0.15) is 17.3 Å². The van der Waals surface area contributed by atoms with Gasteiger partial charge in [0.15, 0.2) is 0 Å². The highest BCUT2D eigenvalue weighted by atomic mass is 16.4. The van der Waals surface area contributed by atoms with Crippen molar-refractivity contribution in [1.29, 1.82) is 0 Å². The number of carbonyl (C=O) groups excluding carboxylic acids is 1. The van der Waals surface area contributed by atoms with Crippen LogP contribution < -0.4 is 10.5 Å². The smallest absolute Gasteiger partial charge is 0.337 e. The van der Waals surface area contributed by atoms with Crippen LogP contribution in [0.5, 0.6) is 0 Å². The number of carboxylic acids is 1. The predicted molar refractivity (Wildman–Crippen MR) is 78.1 cm³/mol. The number of aromatic nitrogens is 1. The van der Waals surface area contributed by atoms with E-state index in [9.17, 15) is 14.4 Å². The normalized spacial score (nSPS) is 10.2. The molecule has 0 aliphatic carbocycles. The van der Waals surface area contributed by atoms with E-state index in [1.807, 2.05) is 0 Å². The molecule has 0 aliphatic rings. The second-order valence-electron chi connectivity index (χ2n) is 4.53. The quantitative estimate of drug-likeness (QED) is 0.927. The van der Waals surface area contributed by atoms with Crippen molar-refractivity contribution in [3.05, 3.63) is 58.5 Å². The number of hydrogen-bond donors (Lipinski definition) is 1. The molecule has 6 heteroatoms. The standard InChI is InChI=1S/C15H14N2O4/c1-10(18)16(2)12-4-3-5-13(8-12)17-9-11(15(20)21)6-7-14(17)19/h3-9H,1-2H3,(H,20,21). The molecule has 0 spiro atoms. The van der Waals surface area contributed by atoms with Crippen molar-refractivity contribution in [2.75, 3.05) is 11.9 Å². The average Bonchev–Trinajstić information content (AvgIpc) is 2.46. The number of hydrogen-bond acceptors (Lipinski definition) is 3. The Morgan fingerprint density at radius 1 is 1.19 bits per heavy atom. The third kappa shape index (κ3) is 3.00. The minimum Gasteiger partial charge on any atom is -0.478 e. The van der Waals surface area contributed by atoms with Crippen molar-refractivity contribution >= 4 is 17.6 Å². The number of carboxylic acid groups (broad SMARTS) is 1.